The highest BCUT2D eigenvalue weighted by Gasteiger charge is 2.27. The van der Waals surface area contributed by atoms with Crippen LogP contribution in [0.15, 0.2) is 0 Å². The lowest BCUT2D eigenvalue weighted by molar-refractivity contribution is 0.173. The van der Waals surface area contributed by atoms with E-state index in [1.54, 1.807) is 0 Å². The molecule has 20 heavy (non-hydrogen) atoms. The van der Waals surface area contributed by atoms with Gasteiger partial charge in [-0.05, 0) is 51.6 Å². The molecule has 0 radical (unpaired) electrons. The SMILES string of the molecule is CCNC(C)(C#N)CCN(CCC(C)C)C1CCCC1. The van der Waals surface area contributed by atoms with E-state index in [0.29, 0.717) is 0 Å². The Morgan fingerprint density at radius 2 is 1.95 bits per heavy atom. The number of nitrogens with zero attached hydrogens (tertiary/aromatic N) is 2. The largest absolute Gasteiger partial charge is 0.300 e. The third-order valence-electron chi connectivity index (χ3n) is 4.55. The normalized spacial score (nSPS) is 19.4. The average molecular weight is 279 g/mol. The predicted molar refractivity (Wildman–Crippen MR) is 85.6 cm³/mol. The lowest BCUT2D eigenvalue weighted by atomic mass is 9.98. The van der Waals surface area contributed by atoms with Crippen LogP contribution in [0.3, 0.4) is 0 Å². The lowest BCUT2D eigenvalue weighted by Gasteiger charge is -2.32. The van der Waals surface area contributed by atoms with Crippen LogP contribution in [0.25, 0.3) is 0 Å². The zero-order valence-corrected chi connectivity index (χ0v) is 13.9. The molecule has 0 bridgehead atoms. The van der Waals surface area contributed by atoms with E-state index in [0.717, 1.165) is 31.5 Å². The molecule has 1 aliphatic carbocycles. The highest BCUT2D eigenvalue weighted by Crippen LogP contribution is 2.25. The molecule has 0 aliphatic heterocycles. The van der Waals surface area contributed by atoms with Gasteiger partial charge in [0.15, 0.2) is 0 Å². The van der Waals surface area contributed by atoms with E-state index < -0.39 is 0 Å². The molecular formula is C17H33N3. The van der Waals surface area contributed by atoms with Crippen LogP contribution in [-0.2, 0) is 0 Å². The summed E-state index contributed by atoms with van der Waals surface area (Å²) in [6.45, 7) is 11.8. The van der Waals surface area contributed by atoms with Crippen molar-refractivity contribution in [1.29, 1.82) is 5.26 Å². The van der Waals surface area contributed by atoms with E-state index in [1.165, 1.54) is 38.6 Å². The minimum absolute atomic E-state index is 0.372. The summed E-state index contributed by atoms with van der Waals surface area (Å²) in [6, 6.07) is 3.21. The smallest absolute Gasteiger partial charge is 0.105 e. The van der Waals surface area contributed by atoms with Crippen LogP contribution in [-0.4, -0.2) is 36.1 Å². The number of hydrogen-bond acceptors (Lipinski definition) is 3. The number of nitrogens with one attached hydrogen (secondary N) is 1. The summed E-state index contributed by atoms with van der Waals surface area (Å²) in [7, 11) is 0. The first-order valence-corrected chi connectivity index (χ1v) is 8.41. The number of hydrogen-bond donors (Lipinski definition) is 1. The van der Waals surface area contributed by atoms with Crippen molar-refractivity contribution in [2.75, 3.05) is 19.6 Å². The van der Waals surface area contributed by atoms with Gasteiger partial charge in [-0.15, -0.1) is 0 Å². The maximum atomic E-state index is 9.38. The first kappa shape index (κ1) is 17.5. The first-order chi connectivity index (χ1) is 9.50. The molecule has 1 unspecified atom stereocenters. The van der Waals surface area contributed by atoms with Gasteiger partial charge in [0.1, 0.15) is 5.54 Å². The van der Waals surface area contributed by atoms with Crippen molar-refractivity contribution >= 4 is 0 Å². The summed E-state index contributed by atoms with van der Waals surface area (Å²) in [4.78, 5) is 2.65. The van der Waals surface area contributed by atoms with Crippen molar-refractivity contribution in [3.8, 4) is 6.07 Å². The fourth-order valence-electron chi connectivity index (χ4n) is 3.11. The molecular weight excluding hydrogens is 246 g/mol. The van der Waals surface area contributed by atoms with E-state index in [4.69, 9.17) is 0 Å². The van der Waals surface area contributed by atoms with E-state index in [1.807, 2.05) is 6.92 Å². The number of nitriles is 1. The van der Waals surface area contributed by atoms with Crippen LogP contribution < -0.4 is 5.32 Å². The Labute approximate surface area is 125 Å². The Balaban J connectivity index is 2.52. The zero-order chi connectivity index (χ0) is 15.0. The summed E-state index contributed by atoms with van der Waals surface area (Å²) in [5, 5.41) is 12.7. The molecule has 3 nitrogen and oxygen atoms in total. The highest BCUT2D eigenvalue weighted by atomic mass is 15.2. The molecule has 116 valence electrons. The molecule has 0 aromatic carbocycles. The summed E-state index contributed by atoms with van der Waals surface area (Å²) < 4.78 is 0. The van der Waals surface area contributed by atoms with Crippen molar-refractivity contribution in [3.63, 3.8) is 0 Å². The molecule has 0 heterocycles. The summed E-state index contributed by atoms with van der Waals surface area (Å²) >= 11 is 0. The van der Waals surface area contributed by atoms with Gasteiger partial charge in [-0.3, -0.25) is 5.32 Å². The Morgan fingerprint density at radius 3 is 2.45 bits per heavy atom. The molecule has 1 atom stereocenters. The topological polar surface area (TPSA) is 39.1 Å². The molecule has 3 heteroatoms. The van der Waals surface area contributed by atoms with Crippen molar-refractivity contribution in [2.45, 2.75) is 77.8 Å². The van der Waals surface area contributed by atoms with Crippen LogP contribution in [0.5, 0.6) is 0 Å². The van der Waals surface area contributed by atoms with Gasteiger partial charge in [0.05, 0.1) is 6.07 Å². The van der Waals surface area contributed by atoms with Crippen molar-refractivity contribution < 1.29 is 0 Å². The fourth-order valence-corrected chi connectivity index (χ4v) is 3.11. The molecule has 0 aromatic heterocycles. The van der Waals surface area contributed by atoms with Gasteiger partial charge in [-0.2, -0.15) is 5.26 Å². The highest BCUT2D eigenvalue weighted by molar-refractivity contribution is 5.04. The van der Waals surface area contributed by atoms with Gasteiger partial charge in [0.25, 0.3) is 0 Å². The molecule has 1 aliphatic rings. The monoisotopic (exact) mass is 279 g/mol. The minimum atomic E-state index is -0.372. The van der Waals surface area contributed by atoms with E-state index >= 15 is 0 Å². The maximum Gasteiger partial charge on any atom is 0.105 e. The van der Waals surface area contributed by atoms with Crippen molar-refractivity contribution in [3.05, 3.63) is 0 Å². The minimum Gasteiger partial charge on any atom is -0.300 e. The van der Waals surface area contributed by atoms with Crippen LogP contribution in [0.4, 0.5) is 0 Å². The lowest BCUT2D eigenvalue weighted by Crippen LogP contribution is -2.45. The third kappa shape index (κ3) is 5.81. The second-order valence-electron chi connectivity index (χ2n) is 6.88. The average Bonchev–Trinajstić information content (AvgIpc) is 2.92. The van der Waals surface area contributed by atoms with Gasteiger partial charge in [-0.25, -0.2) is 0 Å². The maximum absolute atomic E-state index is 9.38. The molecule has 1 rings (SSSR count). The predicted octanol–water partition coefficient (Wildman–Crippen LogP) is 3.56. The van der Waals surface area contributed by atoms with Crippen molar-refractivity contribution in [2.24, 2.45) is 5.92 Å². The molecule has 0 saturated heterocycles. The summed E-state index contributed by atoms with van der Waals surface area (Å²) in [5.74, 6) is 0.759. The summed E-state index contributed by atoms with van der Waals surface area (Å²) in [5.41, 5.74) is -0.372. The third-order valence-corrected chi connectivity index (χ3v) is 4.55. The fraction of sp³-hybridized carbons (Fsp3) is 0.941. The Hall–Kier alpha value is -0.590. The molecule has 1 fully saturated rings. The van der Waals surface area contributed by atoms with Gasteiger partial charge >= 0.3 is 0 Å². The molecule has 0 amide bonds. The first-order valence-electron chi connectivity index (χ1n) is 8.41. The second kappa shape index (κ2) is 8.64. The van der Waals surface area contributed by atoms with Crippen LogP contribution >= 0.6 is 0 Å². The van der Waals surface area contributed by atoms with Gasteiger partial charge in [0, 0.05) is 12.6 Å². The Bertz CT molecular complexity index is 302. The quantitative estimate of drug-likeness (QED) is 0.701. The van der Waals surface area contributed by atoms with Crippen LogP contribution in [0.1, 0.15) is 66.2 Å². The van der Waals surface area contributed by atoms with E-state index in [2.05, 4.69) is 37.1 Å². The van der Waals surface area contributed by atoms with Gasteiger partial charge < -0.3 is 4.90 Å². The zero-order valence-electron chi connectivity index (χ0n) is 13.9. The molecule has 0 aromatic rings. The van der Waals surface area contributed by atoms with Crippen LogP contribution in [0.2, 0.25) is 0 Å². The summed E-state index contributed by atoms with van der Waals surface area (Å²) in [6.07, 6.45) is 7.65. The van der Waals surface area contributed by atoms with Gasteiger partial charge in [-0.1, -0.05) is 33.6 Å². The van der Waals surface area contributed by atoms with E-state index in [9.17, 15) is 5.26 Å². The Morgan fingerprint density at radius 1 is 1.30 bits per heavy atom. The van der Waals surface area contributed by atoms with Crippen LogP contribution in [0, 0.1) is 17.2 Å². The second-order valence-corrected chi connectivity index (χ2v) is 6.88. The Kier molecular flexibility index (Phi) is 7.55. The van der Waals surface area contributed by atoms with Crippen molar-refractivity contribution in [1.82, 2.24) is 10.2 Å². The van der Waals surface area contributed by atoms with E-state index in [-0.39, 0.29) is 5.54 Å². The standard InChI is InChI=1S/C17H33N3/c1-5-19-17(4,14-18)11-13-20(12-10-15(2)3)16-8-6-7-9-16/h15-16,19H,5-13H2,1-4H3. The molecule has 0 spiro atoms. The molecule has 1 saturated carbocycles. The molecule has 1 N–H and O–H groups in total. The van der Waals surface area contributed by atoms with Gasteiger partial charge in [0.2, 0.25) is 0 Å². The number of rotatable bonds is 9.